The lowest BCUT2D eigenvalue weighted by atomic mass is 9.67. The molecular formula is C42H61FN6O11S. The highest BCUT2D eigenvalue weighted by molar-refractivity contribution is 7.14. The lowest BCUT2D eigenvalue weighted by Crippen LogP contribution is -2.61. The largest absolute Gasteiger partial charge is 0.455 e. The summed E-state index contributed by atoms with van der Waals surface area (Å²) in [7, 11) is 4.97. The van der Waals surface area contributed by atoms with Crippen molar-refractivity contribution in [1.29, 1.82) is 0 Å². The van der Waals surface area contributed by atoms with Crippen LogP contribution in [0.4, 0.5) is 10.1 Å². The molecule has 0 spiro atoms. The SMILES string of the molecule is CC[C@@H]1OC(=O)[C@@](C)(F)C(=O)[C@H](C)[C@@H](OC2O[C@H](C)C[C@H](N(C)C)[C@H]2O)[C@](C)(OC)C[C@@H](C)C(=O)[C@H](C)[C@H]2[C@H](/C(N)=N/OCc3nnc(-c4cccc(N)c4)s3)C(=O)O[C@@]21C. The summed E-state index contributed by atoms with van der Waals surface area (Å²) in [6, 6.07) is 6.75. The highest BCUT2D eigenvalue weighted by Gasteiger charge is 2.63. The molecule has 5 rings (SSSR count). The summed E-state index contributed by atoms with van der Waals surface area (Å²) in [5.41, 5.74) is 7.23. The second kappa shape index (κ2) is 18.7. The van der Waals surface area contributed by atoms with Crippen LogP contribution in [0, 0.1) is 29.6 Å². The number of cyclic esters (lactones) is 1. The zero-order valence-corrected chi connectivity index (χ0v) is 37.6. The van der Waals surface area contributed by atoms with Gasteiger partial charge in [-0.2, -0.15) is 0 Å². The predicted molar refractivity (Wildman–Crippen MR) is 222 cm³/mol. The first kappa shape index (κ1) is 47.9. The number of hydrogen-bond donors (Lipinski definition) is 3. The van der Waals surface area contributed by atoms with Crippen LogP contribution in [0.1, 0.15) is 79.7 Å². The molecule has 1 aromatic carbocycles. The first-order chi connectivity index (χ1) is 28.5. The van der Waals surface area contributed by atoms with Gasteiger partial charge in [0.05, 0.1) is 17.8 Å². The maximum Gasteiger partial charge on any atom is 0.351 e. The number of nitrogens with zero attached hydrogens (tertiary/aromatic N) is 4. The van der Waals surface area contributed by atoms with Gasteiger partial charge >= 0.3 is 11.9 Å². The summed E-state index contributed by atoms with van der Waals surface area (Å²) in [6.07, 6.45) is -5.17. The van der Waals surface area contributed by atoms with E-state index in [1.54, 1.807) is 60.0 Å². The van der Waals surface area contributed by atoms with E-state index in [4.69, 9.17) is 40.0 Å². The van der Waals surface area contributed by atoms with Crippen molar-refractivity contribution in [3.63, 3.8) is 0 Å². The van der Waals surface area contributed by atoms with Crippen LogP contribution in [0.25, 0.3) is 10.6 Å². The molecule has 1 aromatic heterocycles. The molecular weight excluding hydrogens is 816 g/mol. The van der Waals surface area contributed by atoms with E-state index < -0.39 is 94.8 Å². The Kier molecular flexibility index (Phi) is 14.7. The minimum absolute atomic E-state index is 0.00929. The summed E-state index contributed by atoms with van der Waals surface area (Å²) in [5, 5.41) is 24.9. The summed E-state index contributed by atoms with van der Waals surface area (Å²) in [4.78, 5) is 64.3. The third-order valence-corrected chi connectivity index (χ3v) is 13.6. The van der Waals surface area contributed by atoms with Gasteiger partial charge in [0.15, 0.2) is 35.1 Å². The Labute approximate surface area is 360 Å². The quantitative estimate of drug-likeness (QED) is 0.0768. The number of rotatable bonds is 10. The fourth-order valence-electron chi connectivity index (χ4n) is 9.27. The number of aliphatic hydroxyl groups is 1. The molecule has 3 saturated heterocycles. The number of methoxy groups -OCH3 is 1. The number of benzene rings is 1. The van der Waals surface area contributed by atoms with Gasteiger partial charge in [-0.25, -0.2) is 9.18 Å². The molecule has 338 valence electrons. The van der Waals surface area contributed by atoms with Gasteiger partial charge in [0.1, 0.15) is 28.9 Å². The van der Waals surface area contributed by atoms with Gasteiger partial charge in [-0.1, -0.05) is 56.3 Å². The van der Waals surface area contributed by atoms with Crippen LogP contribution in [0.5, 0.6) is 0 Å². The minimum atomic E-state index is -3.24. The Bertz CT molecular complexity index is 1970. The van der Waals surface area contributed by atoms with Crippen LogP contribution in [0.3, 0.4) is 0 Å². The number of hydrogen-bond acceptors (Lipinski definition) is 17. The molecule has 1 unspecified atom stereocenters. The zero-order chi connectivity index (χ0) is 45.4. The van der Waals surface area contributed by atoms with Gasteiger partial charge in [-0.15, -0.1) is 10.2 Å². The molecule has 3 aliphatic heterocycles. The molecule has 0 amide bonds. The van der Waals surface area contributed by atoms with E-state index in [9.17, 15) is 24.3 Å². The van der Waals surface area contributed by atoms with Crippen molar-refractivity contribution in [2.45, 2.75) is 135 Å². The fraction of sp³-hybridized carbons (Fsp3) is 0.690. The number of nitrogens with two attached hydrogens (primary N) is 2. The predicted octanol–water partition coefficient (Wildman–Crippen LogP) is 3.84. The number of Topliss-reactive ketones (excluding diaryl/α,β-unsaturated/α-hetero) is 2. The van der Waals surface area contributed by atoms with Crippen molar-refractivity contribution >= 4 is 46.4 Å². The second-order valence-electron chi connectivity index (χ2n) is 17.4. The van der Waals surface area contributed by atoms with E-state index in [2.05, 4.69) is 15.4 Å². The maximum absolute atomic E-state index is 16.9. The van der Waals surface area contributed by atoms with Gasteiger partial charge in [0.25, 0.3) is 5.67 Å². The second-order valence-corrected chi connectivity index (χ2v) is 18.5. The number of halogens is 1. The number of ether oxygens (including phenoxy) is 5. The number of nitrogen functional groups attached to an aromatic ring is 1. The number of aromatic nitrogens is 2. The highest BCUT2D eigenvalue weighted by Crippen LogP contribution is 2.48. The number of esters is 2. The van der Waals surface area contributed by atoms with Crippen molar-refractivity contribution in [3.8, 4) is 10.6 Å². The number of oxime groups is 1. The van der Waals surface area contributed by atoms with E-state index in [0.29, 0.717) is 22.1 Å². The molecule has 5 N–H and O–H groups in total. The van der Waals surface area contributed by atoms with Crippen LogP contribution in [0.2, 0.25) is 0 Å². The molecule has 0 aliphatic carbocycles. The number of carbonyl (C=O) groups is 4. The number of amidine groups is 1. The van der Waals surface area contributed by atoms with Crippen LogP contribution >= 0.6 is 11.3 Å². The zero-order valence-electron chi connectivity index (χ0n) is 36.7. The molecule has 4 heterocycles. The van der Waals surface area contributed by atoms with E-state index in [1.165, 1.54) is 32.3 Å². The number of fused-ring (bicyclic) bond motifs is 1. The van der Waals surface area contributed by atoms with Crippen LogP contribution in [0.15, 0.2) is 29.4 Å². The molecule has 2 aromatic rings. The Balaban J connectivity index is 1.51. The van der Waals surface area contributed by atoms with Gasteiger partial charge in [0.2, 0.25) is 0 Å². The van der Waals surface area contributed by atoms with Gasteiger partial charge in [-0.05, 0) is 73.2 Å². The number of ketones is 2. The van der Waals surface area contributed by atoms with Crippen molar-refractivity contribution in [3.05, 3.63) is 29.3 Å². The van der Waals surface area contributed by atoms with Gasteiger partial charge in [0, 0.05) is 48.1 Å². The van der Waals surface area contributed by atoms with Gasteiger partial charge in [-0.3, -0.25) is 14.4 Å². The Morgan fingerprint density at radius 3 is 2.41 bits per heavy atom. The third kappa shape index (κ3) is 9.61. The summed E-state index contributed by atoms with van der Waals surface area (Å²) in [5.74, 6) is -10.0. The Morgan fingerprint density at radius 1 is 1.10 bits per heavy atom. The molecule has 3 aliphatic rings. The summed E-state index contributed by atoms with van der Waals surface area (Å²) >= 11 is 1.24. The van der Waals surface area contributed by atoms with Gasteiger partial charge < -0.3 is 50.0 Å². The molecule has 3 fully saturated rings. The van der Waals surface area contributed by atoms with Crippen LogP contribution in [-0.2, 0) is 54.3 Å². The smallest absolute Gasteiger partial charge is 0.351 e. The third-order valence-electron chi connectivity index (χ3n) is 12.7. The molecule has 0 saturated carbocycles. The van der Waals surface area contributed by atoms with Crippen LogP contribution in [-0.4, -0.2) is 124 Å². The van der Waals surface area contributed by atoms with Crippen molar-refractivity contribution in [1.82, 2.24) is 15.1 Å². The van der Waals surface area contributed by atoms with Crippen molar-refractivity contribution in [2.75, 3.05) is 26.9 Å². The number of alkyl halides is 1. The van der Waals surface area contributed by atoms with E-state index in [-0.39, 0.29) is 37.2 Å². The Hall–Kier alpha value is -4.14. The number of anilines is 1. The van der Waals surface area contributed by atoms with E-state index in [0.717, 1.165) is 12.5 Å². The number of likely N-dealkylation sites (N-methyl/N-ethyl adjacent to an activating group) is 1. The lowest BCUT2D eigenvalue weighted by Gasteiger charge is -2.47. The van der Waals surface area contributed by atoms with E-state index >= 15 is 4.39 Å². The topological polar surface area (TPSA) is 237 Å². The molecule has 19 heteroatoms. The highest BCUT2D eigenvalue weighted by atomic mass is 32.1. The van der Waals surface area contributed by atoms with Crippen molar-refractivity contribution < 1.29 is 57.2 Å². The monoisotopic (exact) mass is 876 g/mol. The normalized spacial score (nSPS) is 38.1. The molecule has 0 bridgehead atoms. The van der Waals surface area contributed by atoms with Crippen LogP contribution < -0.4 is 11.5 Å². The molecule has 17 nitrogen and oxygen atoms in total. The first-order valence-electron chi connectivity index (χ1n) is 20.6. The molecule has 0 radical (unpaired) electrons. The van der Waals surface area contributed by atoms with E-state index in [1.807, 2.05) is 17.9 Å². The maximum atomic E-state index is 16.9. The molecule has 61 heavy (non-hydrogen) atoms. The number of carbonyl (C=O) groups excluding carboxylic acids is 4. The standard InChI is InChI=1S/C42H61FN6O11S/c1-12-27-42(8)30(29(37(53)60-42)35(45)48-56-19-28-46-47-36(61-28)24-14-13-15-25(44)17-24)22(4)31(50)20(2)18-40(6,55-11)34(23(5)33(52)41(7,43)39(54)58-27)59-38-32(51)26(49(9)10)16-21(3)57-38/h13-15,17,20-23,26-27,29-30,32,34,38,51H,12,16,18-19,44H2,1-11H3,(H2,45,48)/t20-,21-,22-,23+,26+,27+,29-,30+,32-,34-,38?,40-,41+,42-/m1/s1. The average Bonchev–Trinajstić information content (AvgIpc) is 3.79. The van der Waals surface area contributed by atoms with Crippen molar-refractivity contribution in [2.24, 2.45) is 40.5 Å². The summed E-state index contributed by atoms with van der Waals surface area (Å²) in [6.45, 7) is 11.9. The minimum Gasteiger partial charge on any atom is -0.455 e. The Morgan fingerprint density at radius 2 is 1.79 bits per heavy atom. The average molecular weight is 877 g/mol. The lowest BCUT2D eigenvalue weighted by molar-refractivity contribution is -0.295. The number of aliphatic hydroxyl groups excluding tert-OH is 1. The first-order valence-corrected chi connectivity index (χ1v) is 21.4. The fourth-order valence-corrected chi connectivity index (χ4v) is 10.0. The molecule has 14 atom stereocenters. The summed E-state index contributed by atoms with van der Waals surface area (Å²) < 4.78 is 47.3.